The highest BCUT2D eigenvalue weighted by atomic mass is 31.2. The average molecular weight is 348 g/mol. The van der Waals surface area contributed by atoms with Gasteiger partial charge in [0.25, 0.3) is 0 Å². The van der Waals surface area contributed by atoms with E-state index in [-0.39, 0.29) is 24.4 Å². The van der Waals surface area contributed by atoms with Gasteiger partial charge in [-0.25, -0.2) is 0 Å². The molecule has 126 valence electrons. The topological polar surface area (TPSA) is 55.4 Å². The van der Waals surface area contributed by atoms with Gasteiger partial charge in [0.1, 0.15) is 35.9 Å². The summed E-state index contributed by atoms with van der Waals surface area (Å²) in [6.07, 6.45) is -0.488. The molecule has 0 aromatic heterocycles. The molecule has 0 bridgehead atoms. The Morgan fingerprint density at radius 3 is 2.21 bits per heavy atom. The lowest BCUT2D eigenvalue weighted by Crippen LogP contribution is -2.33. The Bertz CT molecular complexity index is 727. The fourth-order valence-corrected chi connectivity index (χ4v) is 4.63. The minimum absolute atomic E-state index is 0.0426. The van der Waals surface area contributed by atoms with E-state index in [1.54, 1.807) is 7.11 Å². The first-order chi connectivity index (χ1) is 11.8. The van der Waals surface area contributed by atoms with Crippen LogP contribution in [-0.2, 0) is 18.7 Å². The quantitative estimate of drug-likeness (QED) is 0.795. The standard InChI is InChI=1S/C17H17O6P/c1-18-13-8-19-17-14(9-20-16(13)17)23-24-21-11-6-2-4-10-5-3-7-12(22-24)15(10)11/h2-7,13-14,16-17H,8-9H2,1H3/t13-,14-,16-,17-/m1/s1. The van der Waals surface area contributed by atoms with Crippen molar-refractivity contribution >= 4 is 19.4 Å². The fourth-order valence-electron chi connectivity index (χ4n) is 3.48. The average Bonchev–Trinajstić information content (AvgIpc) is 3.18. The van der Waals surface area contributed by atoms with Crippen LogP contribution in [-0.4, -0.2) is 44.7 Å². The molecule has 0 aliphatic carbocycles. The molecule has 0 radical (unpaired) electrons. The molecule has 7 heteroatoms. The molecule has 0 spiro atoms. The number of methoxy groups -OCH3 is 1. The zero-order valence-electron chi connectivity index (χ0n) is 13.1. The van der Waals surface area contributed by atoms with Crippen molar-refractivity contribution in [3.8, 4) is 11.5 Å². The molecule has 2 aromatic rings. The van der Waals surface area contributed by atoms with Crippen LogP contribution in [0.25, 0.3) is 10.8 Å². The van der Waals surface area contributed by atoms with Gasteiger partial charge in [0.05, 0.1) is 18.6 Å². The van der Waals surface area contributed by atoms with Crippen LogP contribution in [0, 0.1) is 0 Å². The maximum Gasteiger partial charge on any atom is 0.463 e. The monoisotopic (exact) mass is 348 g/mol. The van der Waals surface area contributed by atoms with Gasteiger partial charge in [0.15, 0.2) is 0 Å². The van der Waals surface area contributed by atoms with Gasteiger partial charge < -0.3 is 23.3 Å². The van der Waals surface area contributed by atoms with Crippen LogP contribution >= 0.6 is 8.60 Å². The fraction of sp³-hybridized carbons (Fsp3) is 0.412. The molecule has 0 N–H and O–H groups in total. The van der Waals surface area contributed by atoms with E-state index in [1.165, 1.54) is 0 Å². The number of hydrogen-bond donors (Lipinski definition) is 0. The highest BCUT2D eigenvalue weighted by Crippen LogP contribution is 2.53. The second-order valence-corrected chi connectivity index (χ2v) is 7.05. The van der Waals surface area contributed by atoms with Crippen LogP contribution in [0.2, 0.25) is 0 Å². The van der Waals surface area contributed by atoms with Crippen molar-refractivity contribution < 1.29 is 27.8 Å². The first-order valence-corrected chi connectivity index (χ1v) is 9.03. The first kappa shape index (κ1) is 14.9. The van der Waals surface area contributed by atoms with Gasteiger partial charge in [-0.05, 0) is 17.5 Å². The Labute approximate surface area is 140 Å². The zero-order chi connectivity index (χ0) is 16.1. The van der Waals surface area contributed by atoms with Crippen molar-refractivity contribution in [1.82, 2.24) is 0 Å². The molecule has 3 aliphatic rings. The third-order valence-corrected chi connectivity index (χ3v) is 5.80. The van der Waals surface area contributed by atoms with Crippen molar-refractivity contribution in [3.63, 3.8) is 0 Å². The second-order valence-electron chi connectivity index (χ2n) is 6.03. The Balaban J connectivity index is 1.35. The molecule has 0 amide bonds. The van der Waals surface area contributed by atoms with E-state index in [4.69, 9.17) is 27.8 Å². The van der Waals surface area contributed by atoms with Gasteiger partial charge in [-0.1, -0.05) is 24.3 Å². The Morgan fingerprint density at radius 2 is 1.54 bits per heavy atom. The Morgan fingerprint density at radius 1 is 0.917 bits per heavy atom. The molecule has 2 fully saturated rings. The van der Waals surface area contributed by atoms with E-state index in [9.17, 15) is 0 Å². The van der Waals surface area contributed by atoms with Crippen molar-refractivity contribution in [2.24, 2.45) is 0 Å². The molecule has 0 saturated carbocycles. The summed E-state index contributed by atoms with van der Waals surface area (Å²) in [6.45, 7) is 0.972. The maximum atomic E-state index is 6.06. The summed E-state index contributed by atoms with van der Waals surface area (Å²) in [6, 6.07) is 11.9. The van der Waals surface area contributed by atoms with Crippen LogP contribution in [0.5, 0.6) is 11.5 Å². The Hall–Kier alpha value is -1.43. The van der Waals surface area contributed by atoms with Gasteiger partial charge in [-0.15, -0.1) is 0 Å². The first-order valence-electron chi connectivity index (χ1n) is 7.94. The highest BCUT2D eigenvalue weighted by molar-refractivity contribution is 7.42. The largest absolute Gasteiger partial charge is 0.463 e. The van der Waals surface area contributed by atoms with Crippen molar-refractivity contribution in [3.05, 3.63) is 36.4 Å². The van der Waals surface area contributed by atoms with Crippen molar-refractivity contribution in [2.45, 2.75) is 24.4 Å². The smallest absolute Gasteiger partial charge is 0.417 e. The van der Waals surface area contributed by atoms with Crippen LogP contribution in [0.1, 0.15) is 0 Å². The van der Waals surface area contributed by atoms with E-state index in [0.29, 0.717) is 13.2 Å². The lowest BCUT2D eigenvalue weighted by Gasteiger charge is -2.27. The zero-order valence-corrected chi connectivity index (χ0v) is 14.0. The van der Waals surface area contributed by atoms with Crippen LogP contribution in [0.3, 0.4) is 0 Å². The summed E-state index contributed by atoms with van der Waals surface area (Å²) in [4.78, 5) is 0. The molecule has 2 aromatic carbocycles. The number of rotatable bonds is 3. The summed E-state index contributed by atoms with van der Waals surface area (Å²) in [7, 11) is 0.131. The molecule has 4 atom stereocenters. The van der Waals surface area contributed by atoms with E-state index in [0.717, 1.165) is 22.3 Å². The summed E-state index contributed by atoms with van der Waals surface area (Å²) in [5.41, 5.74) is 0. The molecule has 2 saturated heterocycles. The second kappa shape index (κ2) is 5.83. The molecular weight excluding hydrogens is 331 g/mol. The van der Waals surface area contributed by atoms with Crippen LogP contribution in [0.4, 0.5) is 0 Å². The molecule has 0 unspecified atom stereocenters. The van der Waals surface area contributed by atoms with Gasteiger partial charge >= 0.3 is 8.60 Å². The Kier molecular flexibility index (Phi) is 3.61. The molecule has 6 nitrogen and oxygen atoms in total. The normalized spacial score (nSPS) is 31.7. The van der Waals surface area contributed by atoms with Crippen LogP contribution in [0.15, 0.2) is 36.4 Å². The van der Waals surface area contributed by atoms with E-state index in [2.05, 4.69) is 0 Å². The van der Waals surface area contributed by atoms with Gasteiger partial charge in [0.2, 0.25) is 0 Å². The van der Waals surface area contributed by atoms with Gasteiger partial charge in [0, 0.05) is 7.11 Å². The van der Waals surface area contributed by atoms with E-state index >= 15 is 0 Å². The van der Waals surface area contributed by atoms with E-state index in [1.807, 2.05) is 36.4 Å². The predicted octanol–water partition coefficient (Wildman–Crippen LogP) is 3.04. The number of benzene rings is 2. The molecule has 24 heavy (non-hydrogen) atoms. The number of hydrogen-bond acceptors (Lipinski definition) is 6. The van der Waals surface area contributed by atoms with Crippen molar-refractivity contribution in [1.29, 1.82) is 0 Å². The maximum absolute atomic E-state index is 6.06. The lowest BCUT2D eigenvalue weighted by molar-refractivity contribution is -0.0145. The van der Waals surface area contributed by atoms with Crippen LogP contribution < -0.4 is 9.05 Å². The molecule has 3 aliphatic heterocycles. The third-order valence-electron chi connectivity index (χ3n) is 4.66. The number of fused-ring (bicyclic) bond motifs is 1. The molecule has 3 heterocycles. The predicted molar refractivity (Wildman–Crippen MR) is 87.3 cm³/mol. The summed E-state index contributed by atoms with van der Waals surface area (Å²) < 4.78 is 34.9. The van der Waals surface area contributed by atoms with E-state index < -0.39 is 8.60 Å². The molecular formula is C17H17O6P. The minimum Gasteiger partial charge on any atom is -0.417 e. The minimum atomic E-state index is -1.54. The SMILES string of the molecule is CO[C@@H]1CO[C@H]2[C@@H]1OC[C@H]2OP1Oc2cccc3cccc(c23)O1. The highest BCUT2D eigenvalue weighted by Gasteiger charge is 2.50. The number of ether oxygens (including phenoxy) is 3. The summed E-state index contributed by atoms with van der Waals surface area (Å²) in [5, 5.41) is 2.07. The summed E-state index contributed by atoms with van der Waals surface area (Å²) in [5.74, 6) is 1.58. The van der Waals surface area contributed by atoms with Gasteiger partial charge in [-0.3, -0.25) is 4.52 Å². The van der Waals surface area contributed by atoms with Gasteiger partial charge in [-0.2, -0.15) is 0 Å². The lowest BCUT2D eigenvalue weighted by atomic mass is 10.1. The molecule has 5 rings (SSSR count). The third kappa shape index (κ3) is 2.30. The summed E-state index contributed by atoms with van der Waals surface area (Å²) >= 11 is 0. The van der Waals surface area contributed by atoms with Crippen molar-refractivity contribution in [2.75, 3.05) is 20.3 Å².